The Bertz CT molecular complexity index is 528. The summed E-state index contributed by atoms with van der Waals surface area (Å²) < 4.78 is 5.15. The van der Waals surface area contributed by atoms with Crippen LogP contribution in [0, 0.1) is 12.3 Å². The Labute approximate surface area is 119 Å². The van der Waals surface area contributed by atoms with Gasteiger partial charge in [0.05, 0.1) is 24.9 Å². The summed E-state index contributed by atoms with van der Waals surface area (Å²) in [5, 5.41) is 0. The minimum absolute atomic E-state index is 0.0539. The molecular formula is C15H19N3O2. The molecule has 0 atom stereocenters. The molecule has 0 spiro atoms. The molecular weight excluding hydrogens is 254 g/mol. The van der Waals surface area contributed by atoms with Gasteiger partial charge in [0, 0.05) is 26.2 Å². The predicted molar refractivity (Wildman–Crippen MR) is 78.6 cm³/mol. The number of hydrogen-bond acceptors (Lipinski definition) is 4. The van der Waals surface area contributed by atoms with Crippen molar-refractivity contribution < 1.29 is 9.53 Å². The maximum absolute atomic E-state index is 12.5. The first kappa shape index (κ1) is 14.2. The first-order valence-electron chi connectivity index (χ1n) is 6.55. The van der Waals surface area contributed by atoms with Gasteiger partial charge in [-0.3, -0.25) is 9.69 Å². The maximum atomic E-state index is 12.5. The van der Waals surface area contributed by atoms with E-state index in [1.165, 1.54) is 0 Å². The lowest BCUT2D eigenvalue weighted by molar-refractivity contribution is 0.0653. The quantitative estimate of drug-likeness (QED) is 0.649. The Morgan fingerprint density at radius 3 is 2.70 bits per heavy atom. The standard InChI is InChI=1S/C15H19N3O2/c1-3-7-17-8-10-18(11-9-17)15(19)12-5-4-6-13(20-2)14(12)16/h1,4-6H,7-11,16H2,2H3. The van der Waals surface area contributed by atoms with Crippen LogP contribution in [0.4, 0.5) is 5.69 Å². The van der Waals surface area contributed by atoms with Crippen LogP contribution >= 0.6 is 0 Å². The Hall–Kier alpha value is -2.19. The summed E-state index contributed by atoms with van der Waals surface area (Å²) in [6.45, 7) is 3.54. The summed E-state index contributed by atoms with van der Waals surface area (Å²) in [7, 11) is 1.54. The van der Waals surface area contributed by atoms with Crippen molar-refractivity contribution in [2.75, 3.05) is 45.6 Å². The minimum Gasteiger partial charge on any atom is -0.495 e. The van der Waals surface area contributed by atoms with Gasteiger partial charge in [-0.1, -0.05) is 12.0 Å². The van der Waals surface area contributed by atoms with Crippen molar-refractivity contribution in [3.05, 3.63) is 23.8 Å². The lowest BCUT2D eigenvalue weighted by Crippen LogP contribution is -2.48. The van der Waals surface area contributed by atoms with Crippen LogP contribution in [0.15, 0.2) is 18.2 Å². The number of para-hydroxylation sites is 1. The summed E-state index contributed by atoms with van der Waals surface area (Å²) in [5.41, 5.74) is 6.86. The largest absolute Gasteiger partial charge is 0.495 e. The molecule has 1 fully saturated rings. The van der Waals surface area contributed by atoms with Crippen LogP contribution in [0.1, 0.15) is 10.4 Å². The first-order valence-corrected chi connectivity index (χ1v) is 6.55. The van der Waals surface area contributed by atoms with Crippen molar-refractivity contribution in [1.29, 1.82) is 0 Å². The fraction of sp³-hybridized carbons (Fsp3) is 0.400. The van der Waals surface area contributed by atoms with Gasteiger partial charge in [-0.15, -0.1) is 6.42 Å². The van der Waals surface area contributed by atoms with Crippen molar-refractivity contribution in [3.63, 3.8) is 0 Å². The highest BCUT2D eigenvalue weighted by molar-refractivity contribution is 6.00. The highest BCUT2D eigenvalue weighted by Gasteiger charge is 2.23. The molecule has 5 nitrogen and oxygen atoms in total. The number of nitrogens with zero attached hydrogens (tertiary/aromatic N) is 2. The second-order valence-corrected chi connectivity index (χ2v) is 4.69. The van der Waals surface area contributed by atoms with E-state index in [2.05, 4.69) is 10.8 Å². The Kier molecular flexibility index (Phi) is 4.49. The fourth-order valence-corrected chi connectivity index (χ4v) is 2.32. The average Bonchev–Trinajstić information content (AvgIpc) is 2.48. The number of anilines is 1. The second kappa shape index (κ2) is 6.31. The van der Waals surface area contributed by atoms with Crippen molar-refractivity contribution in [2.45, 2.75) is 0 Å². The molecule has 2 rings (SSSR count). The normalized spacial score (nSPS) is 15.7. The number of methoxy groups -OCH3 is 1. The topological polar surface area (TPSA) is 58.8 Å². The lowest BCUT2D eigenvalue weighted by atomic mass is 10.1. The first-order chi connectivity index (χ1) is 9.67. The van der Waals surface area contributed by atoms with Crippen LogP contribution in [0.2, 0.25) is 0 Å². The van der Waals surface area contributed by atoms with Gasteiger partial charge in [0.15, 0.2) is 0 Å². The Morgan fingerprint density at radius 2 is 2.10 bits per heavy atom. The number of rotatable bonds is 3. The highest BCUT2D eigenvalue weighted by Crippen LogP contribution is 2.26. The molecule has 5 heteroatoms. The Balaban J connectivity index is 2.08. The van der Waals surface area contributed by atoms with E-state index in [1.54, 1.807) is 30.2 Å². The SMILES string of the molecule is C#CCN1CCN(C(=O)c2cccc(OC)c2N)CC1. The van der Waals surface area contributed by atoms with E-state index < -0.39 is 0 Å². The van der Waals surface area contributed by atoms with Gasteiger partial charge in [-0.05, 0) is 12.1 Å². The molecule has 2 N–H and O–H groups in total. The van der Waals surface area contributed by atoms with Crippen LogP contribution in [-0.2, 0) is 0 Å². The van der Waals surface area contributed by atoms with Crippen LogP contribution in [-0.4, -0.2) is 55.5 Å². The number of nitrogen functional groups attached to an aromatic ring is 1. The van der Waals surface area contributed by atoms with E-state index >= 15 is 0 Å². The van der Waals surface area contributed by atoms with Gasteiger partial charge in [0.1, 0.15) is 5.75 Å². The maximum Gasteiger partial charge on any atom is 0.256 e. The van der Waals surface area contributed by atoms with Crippen LogP contribution in [0.3, 0.4) is 0 Å². The van der Waals surface area contributed by atoms with Crippen LogP contribution in [0.5, 0.6) is 5.75 Å². The van der Waals surface area contributed by atoms with Crippen molar-refractivity contribution in [2.24, 2.45) is 0 Å². The molecule has 0 saturated carbocycles. The minimum atomic E-state index is -0.0539. The molecule has 20 heavy (non-hydrogen) atoms. The molecule has 0 aromatic heterocycles. The zero-order valence-corrected chi connectivity index (χ0v) is 11.6. The predicted octanol–water partition coefficient (Wildman–Crippen LogP) is 0.668. The van der Waals surface area contributed by atoms with E-state index in [4.69, 9.17) is 16.9 Å². The third-order valence-corrected chi connectivity index (χ3v) is 3.49. The summed E-state index contributed by atoms with van der Waals surface area (Å²) in [5.74, 6) is 3.10. The van der Waals surface area contributed by atoms with E-state index in [-0.39, 0.29) is 5.91 Å². The molecule has 0 aliphatic carbocycles. The number of amides is 1. The van der Waals surface area contributed by atoms with E-state index in [1.807, 2.05) is 0 Å². The number of ether oxygens (including phenoxy) is 1. The molecule has 0 unspecified atom stereocenters. The molecule has 1 saturated heterocycles. The monoisotopic (exact) mass is 273 g/mol. The average molecular weight is 273 g/mol. The number of carbonyl (C=O) groups is 1. The van der Waals surface area contributed by atoms with Gasteiger partial charge >= 0.3 is 0 Å². The number of terminal acetylenes is 1. The molecule has 1 heterocycles. The molecule has 0 radical (unpaired) electrons. The van der Waals surface area contributed by atoms with Gasteiger partial charge in [-0.25, -0.2) is 0 Å². The summed E-state index contributed by atoms with van der Waals surface area (Å²) in [4.78, 5) is 16.4. The van der Waals surface area contributed by atoms with Gasteiger partial charge in [0.25, 0.3) is 5.91 Å². The summed E-state index contributed by atoms with van der Waals surface area (Å²) in [6, 6.07) is 5.25. The Morgan fingerprint density at radius 1 is 1.40 bits per heavy atom. The van der Waals surface area contributed by atoms with E-state index in [9.17, 15) is 4.79 Å². The molecule has 0 bridgehead atoms. The summed E-state index contributed by atoms with van der Waals surface area (Å²) >= 11 is 0. The lowest BCUT2D eigenvalue weighted by Gasteiger charge is -2.34. The second-order valence-electron chi connectivity index (χ2n) is 4.69. The van der Waals surface area contributed by atoms with Crippen molar-refractivity contribution in [1.82, 2.24) is 9.80 Å². The van der Waals surface area contributed by atoms with E-state index in [0.29, 0.717) is 36.6 Å². The van der Waals surface area contributed by atoms with Crippen LogP contribution in [0.25, 0.3) is 0 Å². The molecule has 1 aromatic rings. The molecule has 1 aliphatic rings. The van der Waals surface area contributed by atoms with Gasteiger partial charge in [-0.2, -0.15) is 0 Å². The third-order valence-electron chi connectivity index (χ3n) is 3.49. The van der Waals surface area contributed by atoms with E-state index in [0.717, 1.165) is 13.1 Å². The number of benzene rings is 1. The number of hydrogen-bond donors (Lipinski definition) is 1. The number of nitrogens with two attached hydrogens (primary N) is 1. The zero-order chi connectivity index (χ0) is 14.5. The third kappa shape index (κ3) is 2.86. The molecule has 1 aromatic carbocycles. The van der Waals surface area contributed by atoms with Crippen molar-refractivity contribution >= 4 is 11.6 Å². The smallest absolute Gasteiger partial charge is 0.256 e. The number of carbonyl (C=O) groups excluding carboxylic acids is 1. The molecule has 1 amide bonds. The number of piperazine rings is 1. The van der Waals surface area contributed by atoms with Gasteiger partial charge < -0.3 is 15.4 Å². The van der Waals surface area contributed by atoms with Crippen molar-refractivity contribution in [3.8, 4) is 18.1 Å². The zero-order valence-electron chi connectivity index (χ0n) is 11.6. The highest BCUT2D eigenvalue weighted by atomic mass is 16.5. The molecule has 1 aliphatic heterocycles. The molecule has 106 valence electrons. The fourth-order valence-electron chi connectivity index (χ4n) is 2.32. The van der Waals surface area contributed by atoms with Crippen LogP contribution < -0.4 is 10.5 Å². The summed E-state index contributed by atoms with van der Waals surface area (Å²) in [6.07, 6.45) is 5.29. The van der Waals surface area contributed by atoms with Gasteiger partial charge in [0.2, 0.25) is 0 Å².